The molecule has 0 radical (unpaired) electrons. The molecule has 1 heterocycles. The Morgan fingerprint density at radius 2 is 2.05 bits per heavy atom. The molecule has 1 aliphatic heterocycles. The maximum absolute atomic E-state index is 11.4. The van der Waals surface area contributed by atoms with Crippen molar-refractivity contribution < 1.29 is 23.5 Å². The summed E-state index contributed by atoms with van der Waals surface area (Å²) >= 11 is 0. The predicted molar refractivity (Wildman–Crippen MR) is 87.2 cm³/mol. The SMILES string of the molecule is C=C1C[C@@H](CC(=O)OC)O[C@H](C=O)C1O[Si](C)(C)C(C)(C)C. The molecule has 126 valence electrons. The van der Waals surface area contributed by atoms with Crippen LogP contribution in [0.4, 0.5) is 0 Å². The average Bonchev–Trinajstić information content (AvgIpc) is 2.39. The van der Waals surface area contributed by atoms with Crippen LogP contribution in [0, 0.1) is 0 Å². The quantitative estimate of drug-likeness (QED) is 0.336. The van der Waals surface area contributed by atoms with E-state index in [4.69, 9.17) is 9.16 Å². The molecule has 0 spiro atoms. The maximum atomic E-state index is 11.4. The molecule has 3 atom stereocenters. The fourth-order valence-electron chi connectivity index (χ4n) is 2.12. The summed E-state index contributed by atoms with van der Waals surface area (Å²) in [4.78, 5) is 22.8. The van der Waals surface area contributed by atoms with Gasteiger partial charge in [-0.05, 0) is 30.1 Å². The molecule has 0 saturated carbocycles. The summed E-state index contributed by atoms with van der Waals surface area (Å²) in [5, 5.41) is 0.0313. The van der Waals surface area contributed by atoms with E-state index in [0.717, 1.165) is 11.9 Å². The van der Waals surface area contributed by atoms with Crippen molar-refractivity contribution in [3.8, 4) is 0 Å². The summed E-state index contributed by atoms with van der Waals surface area (Å²) in [5.74, 6) is -0.355. The first kappa shape index (κ1) is 19.1. The lowest BCUT2D eigenvalue weighted by Crippen LogP contribution is -2.51. The highest BCUT2D eigenvalue weighted by atomic mass is 28.4. The Kier molecular flexibility index (Phi) is 6.12. The summed E-state index contributed by atoms with van der Waals surface area (Å²) in [7, 11) is -0.711. The summed E-state index contributed by atoms with van der Waals surface area (Å²) in [6.45, 7) is 14.7. The lowest BCUT2D eigenvalue weighted by atomic mass is 9.95. The van der Waals surface area contributed by atoms with Crippen molar-refractivity contribution >= 4 is 20.6 Å². The topological polar surface area (TPSA) is 61.8 Å². The van der Waals surface area contributed by atoms with E-state index in [9.17, 15) is 9.59 Å². The second kappa shape index (κ2) is 7.06. The van der Waals surface area contributed by atoms with E-state index in [1.807, 2.05) is 0 Å². The van der Waals surface area contributed by atoms with Gasteiger partial charge in [-0.25, -0.2) is 0 Å². The van der Waals surface area contributed by atoms with Crippen LogP contribution in [0.2, 0.25) is 18.1 Å². The summed E-state index contributed by atoms with van der Waals surface area (Å²) in [5.41, 5.74) is 0.807. The summed E-state index contributed by atoms with van der Waals surface area (Å²) in [6, 6.07) is 0. The Bertz CT molecular complexity index is 438. The average molecular weight is 328 g/mol. The molecule has 5 nitrogen and oxygen atoms in total. The zero-order valence-corrected chi connectivity index (χ0v) is 15.5. The third-order valence-electron chi connectivity index (χ3n) is 4.52. The number of esters is 1. The van der Waals surface area contributed by atoms with E-state index in [2.05, 4.69) is 45.2 Å². The largest absolute Gasteiger partial charge is 0.469 e. The number of hydrogen-bond donors (Lipinski definition) is 0. The number of rotatable bonds is 5. The van der Waals surface area contributed by atoms with Crippen molar-refractivity contribution in [1.82, 2.24) is 0 Å². The fourth-order valence-corrected chi connectivity index (χ4v) is 3.41. The molecule has 0 aromatic rings. The molecule has 1 fully saturated rings. The Morgan fingerprint density at radius 1 is 1.45 bits per heavy atom. The molecule has 0 aromatic heterocycles. The van der Waals surface area contributed by atoms with Gasteiger partial charge in [0.05, 0.1) is 25.7 Å². The van der Waals surface area contributed by atoms with E-state index >= 15 is 0 Å². The first-order valence-corrected chi connectivity index (χ1v) is 10.5. The second-order valence-electron chi connectivity index (χ2n) is 7.30. The number of ether oxygens (including phenoxy) is 2. The van der Waals surface area contributed by atoms with Gasteiger partial charge in [0.2, 0.25) is 0 Å². The van der Waals surface area contributed by atoms with Crippen molar-refractivity contribution in [3.05, 3.63) is 12.2 Å². The second-order valence-corrected chi connectivity index (χ2v) is 12.1. The van der Waals surface area contributed by atoms with Gasteiger partial charge in [-0.15, -0.1) is 0 Å². The minimum absolute atomic E-state index is 0.0313. The Labute approximate surface area is 134 Å². The summed E-state index contributed by atoms with van der Waals surface area (Å²) in [6.07, 6.45) is -0.176. The van der Waals surface area contributed by atoms with Crippen LogP contribution < -0.4 is 0 Å². The van der Waals surface area contributed by atoms with Gasteiger partial charge in [-0.2, -0.15) is 0 Å². The van der Waals surface area contributed by atoms with E-state index in [1.54, 1.807) is 0 Å². The highest BCUT2D eigenvalue weighted by molar-refractivity contribution is 6.74. The van der Waals surface area contributed by atoms with Crippen LogP contribution in [0.15, 0.2) is 12.2 Å². The molecule has 1 unspecified atom stereocenters. The standard InChI is InChI=1S/C16H28O5Si/c1-11-8-12(9-14(18)19-5)20-13(10-17)15(11)21-22(6,7)16(2,3)4/h10,12-13,15H,1,8-9H2,2-7H3/t12-,13+,15?/m0/s1. The molecule has 0 aromatic carbocycles. The minimum atomic E-state index is -2.04. The Morgan fingerprint density at radius 3 is 2.50 bits per heavy atom. The van der Waals surface area contributed by atoms with E-state index in [1.165, 1.54) is 7.11 Å². The van der Waals surface area contributed by atoms with Gasteiger partial charge in [0.1, 0.15) is 6.10 Å². The van der Waals surface area contributed by atoms with Crippen LogP contribution in [0.25, 0.3) is 0 Å². The summed E-state index contributed by atoms with van der Waals surface area (Å²) < 4.78 is 16.7. The maximum Gasteiger partial charge on any atom is 0.308 e. The van der Waals surface area contributed by atoms with Crippen LogP contribution >= 0.6 is 0 Å². The van der Waals surface area contributed by atoms with Gasteiger partial charge in [-0.1, -0.05) is 27.4 Å². The van der Waals surface area contributed by atoms with E-state index in [0.29, 0.717) is 6.42 Å². The number of carbonyl (C=O) groups is 2. The molecule has 1 aliphatic rings. The lowest BCUT2D eigenvalue weighted by Gasteiger charge is -2.43. The van der Waals surface area contributed by atoms with Crippen LogP contribution in [0.3, 0.4) is 0 Å². The van der Waals surface area contributed by atoms with Gasteiger partial charge in [0.15, 0.2) is 14.6 Å². The third kappa shape index (κ3) is 4.51. The van der Waals surface area contributed by atoms with Gasteiger partial charge in [0.25, 0.3) is 0 Å². The number of hydrogen-bond acceptors (Lipinski definition) is 5. The third-order valence-corrected chi connectivity index (χ3v) is 8.98. The molecule has 1 saturated heterocycles. The molecule has 0 amide bonds. The molecule has 0 bridgehead atoms. The van der Waals surface area contributed by atoms with Gasteiger partial charge in [-0.3, -0.25) is 4.79 Å². The van der Waals surface area contributed by atoms with Crippen molar-refractivity contribution in [2.75, 3.05) is 7.11 Å². The fraction of sp³-hybridized carbons (Fsp3) is 0.750. The molecular formula is C16H28O5Si. The molecular weight excluding hydrogens is 300 g/mol. The monoisotopic (exact) mass is 328 g/mol. The number of methoxy groups -OCH3 is 1. The van der Waals surface area contributed by atoms with Crippen LogP contribution in [-0.2, 0) is 23.5 Å². The van der Waals surface area contributed by atoms with Crippen LogP contribution in [0.1, 0.15) is 33.6 Å². The normalized spacial score (nSPS) is 26.6. The zero-order chi connectivity index (χ0) is 17.1. The number of carbonyl (C=O) groups excluding carboxylic acids is 2. The van der Waals surface area contributed by atoms with Crippen molar-refractivity contribution in [2.45, 2.75) is 70.1 Å². The highest BCUT2D eigenvalue weighted by Crippen LogP contribution is 2.40. The number of aldehydes is 1. The van der Waals surface area contributed by atoms with Crippen molar-refractivity contribution in [3.63, 3.8) is 0 Å². The predicted octanol–water partition coefficient (Wildman–Crippen LogP) is 2.85. The van der Waals surface area contributed by atoms with Crippen LogP contribution in [-0.4, -0.2) is 46.0 Å². The molecule has 6 heteroatoms. The highest BCUT2D eigenvalue weighted by Gasteiger charge is 2.44. The molecule has 22 heavy (non-hydrogen) atoms. The lowest BCUT2D eigenvalue weighted by molar-refractivity contribution is -0.151. The van der Waals surface area contributed by atoms with E-state index < -0.39 is 20.5 Å². The first-order valence-electron chi connectivity index (χ1n) is 7.55. The van der Waals surface area contributed by atoms with Gasteiger partial charge < -0.3 is 18.7 Å². The Balaban J connectivity index is 2.84. The van der Waals surface area contributed by atoms with E-state index in [-0.39, 0.29) is 23.5 Å². The van der Waals surface area contributed by atoms with Crippen LogP contribution in [0.5, 0.6) is 0 Å². The zero-order valence-electron chi connectivity index (χ0n) is 14.5. The molecule has 0 N–H and O–H groups in total. The van der Waals surface area contributed by atoms with Gasteiger partial charge >= 0.3 is 5.97 Å². The Hall–Kier alpha value is -0.983. The van der Waals surface area contributed by atoms with Gasteiger partial charge in [0, 0.05) is 0 Å². The van der Waals surface area contributed by atoms with Crippen molar-refractivity contribution in [1.29, 1.82) is 0 Å². The minimum Gasteiger partial charge on any atom is -0.469 e. The molecule has 0 aliphatic carbocycles. The smallest absolute Gasteiger partial charge is 0.308 e. The van der Waals surface area contributed by atoms with Crippen molar-refractivity contribution in [2.24, 2.45) is 0 Å². The molecule has 1 rings (SSSR count). The first-order chi connectivity index (χ1) is 10.0.